The molecule has 0 aromatic heterocycles. The summed E-state index contributed by atoms with van der Waals surface area (Å²) in [5.41, 5.74) is 4.76. The highest BCUT2D eigenvalue weighted by atomic mass is 16.2. The van der Waals surface area contributed by atoms with Gasteiger partial charge in [-0.2, -0.15) is 0 Å². The Kier molecular flexibility index (Phi) is 2.86. The van der Waals surface area contributed by atoms with E-state index in [1.54, 1.807) is 0 Å². The van der Waals surface area contributed by atoms with Crippen LogP contribution in [0.2, 0.25) is 0 Å². The van der Waals surface area contributed by atoms with Gasteiger partial charge >= 0.3 is 0 Å². The summed E-state index contributed by atoms with van der Waals surface area (Å²) in [6.45, 7) is 5.11. The van der Waals surface area contributed by atoms with Crippen LogP contribution in [0.5, 0.6) is 0 Å². The van der Waals surface area contributed by atoms with E-state index < -0.39 is 0 Å². The molecule has 3 aliphatic heterocycles. The Morgan fingerprint density at radius 1 is 1.23 bits per heavy atom. The average molecular weight is 184 g/mol. The maximum absolute atomic E-state index is 8.72. The van der Waals surface area contributed by atoms with Crippen molar-refractivity contribution in [1.29, 1.82) is 0 Å². The van der Waals surface area contributed by atoms with E-state index in [-0.39, 0.29) is 0 Å². The minimum absolute atomic E-state index is 0.336. The van der Waals surface area contributed by atoms with Gasteiger partial charge in [0.2, 0.25) is 0 Å². The van der Waals surface area contributed by atoms with Crippen LogP contribution in [0.3, 0.4) is 0 Å². The second kappa shape index (κ2) is 3.95. The highest BCUT2D eigenvalue weighted by molar-refractivity contribution is 4.70. The molecule has 0 aromatic rings. The standard InChI is InChI=1S/C10H20N2O/c13-8-2-1-5-12-6-3-10(4-7-12)9-11-12/h10,13H,1-9H2/q+1. The van der Waals surface area contributed by atoms with Crippen LogP contribution in [0, 0.1) is 5.92 Å². The number of aliphatic hydroxyl groups is 1. The number of piperidine rings is 1. The first kappa shape index (κ1) is 9.44. The molecule has 13 heavy (non-hydrogen) atoms. The molecule has 1 radical (unpaired) electrons. The quantitative estimate of drug-likeness (QED) is 0.501. The van der Waals surface area contributed by atoms with E-state index >= 15 is 0 Å². The van der Waals surface area contributed by atoms with Crippen molar-refractivity contribution in [3.8, 4) is 0 Å². The lowest BCUT2D eigenvalue weighted by Crippen LogP contribution is -2.64. The first-order valence-electron chi connectivity index (χ1n) is 5.51. The summed E-state index contributed by atoms with van der Waals surface area (Å²) >= 11 is 0. The fourth-order valence-corrected chi connectivity index (χ4v) is 2.53. The first-order valence-corrected chi connectivity index (χ1v) is 5.51. The number of unbranched alkanes of at least 4 members (excludes halogenated alkanes) is 1. The largest absolute Gasteiger partial charge is 0.396 e. The van der Waals surface area contributed by atoms with Crippen LogP contribution < -0.4 is 5.43 Å². The molecular weight excluding hydrogens is 164 g/mol. The molecule has 1 N–H and O–H groups in total. The molecule has 3 aliphatic rings. The molecule has 0 atom stereocenters. The molecule has 75 valence electrons. The summed E-state index contributed by atoms with van der Waals surface area (Å²) in [6.07, 6.45) is 4.83. The number of nitrogens with zero attached hydrogens (tertiary/aromatic N) is 2. The highest BCUT2D eigenvalue weighted by Crippen LogP contribution is 2.28. The third kappa shape index (κ3) is 2.03. The minimum Gasteiger partial charge on any atom is -0.396 e. The second-order valence-electron chi connectivity index (χ2n) is 4.46. The van der Waals surface area contributed by atoms with Crippen molar-refractivity contribution in [2.45, 2.75) is 25.7 Å². The average Bonchev–Trinajstić information content (AvgIpc) is 2.21. The second-order valence-corrected chi connectivity index (χ2v) is 4.46. The van der Waals surface area contributed by atoms with Crippen molar-refractivity contribution in [1.82, 2.24) is 5.43 Å². The zero-order valence-electron chi connectivity index (χ0n) is 8.28. The van der Waals surface area contributed by atoms with E-state index in [9.17, 15) is 0 Å². The number of hydrogen-bond acceptors (Lipinski definition) is 1. The van der Waals surface area contributed by atoms with Crippen molar-refractivity contribution >= 4 is 0 Å². The predicted molar refractivity (Wildman–Crippen MR) is 50.9 cm³/mol. The molecule has 2 bridgehead atoms. The van der Waals surface area contributed by atoms with Gasteiger partial charge in [-0.05, 0) is 17.8 Å². The topological polar surface area (TPSA) is 34.3 Å². The summed E-state index contributed by atoms with van der Waals surface area (Å²) in [5, 5.41) is 8.72. The molecule has 0 saturated carbocycles. The van der Waals surface area contributed by atoms with E-state index in [2.05, 4.69) is 0 Å². The maximum atomic E-state index is 8.72. The van der Waals surface area contributed by atoms with Crippen LogP contribution in [0.4, 0.5) is 0 Å². The molecule has 3 saturated heterocycles. The minimum atomic E-state index is 0.336. The Morgan fingerprint density at radius 2 is 2.00 bits per heavy atom. The molecule has 3 heteroatoms. The van der Waals surface area contributed by atoms with Gasteiger partial charge in [0.1, 0.15) is 0 Å². The van der Waals surface area contributed by atoms with E-state index in [0.29, 0.717) is 6.61 Å². The van der Waals surface area contributed by atoms with Gasteiger partial charge in [-0.3, -0.25) is 0 Å². The van der Waals surface area contributed by atoms with Gasteiger partial charge in [0.25, 0.3) is 0 Å². The Morgan fingerprint density at radius 3 is 2.54 bits per heavy atom. The lowest BCUT2D eigenvalue weighted by atomic mass is 9.93. The van der Waals surface area contributed by atoms with E-state index in [1.165, 1.54) is 25.9 Å². The number of aliphatic hydroxyl groups excluding tert-OH is 1. The number of hydrogen-bond donors (Lipinski definition) is 1. The van der Waals surface area contributed by atoms with E-state index in [1.807, 2.05) is 0 Å². The van der Waals surface area contributed by atoms with Crippen LogP contribution in [-0.4, -0.2) is 42.5 Å². The van der Waals surface area contributed by atoms with Gasteiger partial charge in [-0.1, -0.05) is 0 Å². The first-order chi connectivity index (χ1) is 6.35. The Hall–Kier alpha value is -0.120. The predicted octanol–water partition coefficient (Wildman–Crippen LogP) is 0.519. The third-order valence-electron chi connectivity index (χ3n) is 3.53. The summed E-state index contributed by atoms with van der Waals surface area (Å²) in [6, 6.07) is 0. The lowest BCUT2D eigenvalue weighted by Gasteiger charge is -2.46. The van der Waals surface area contributed by atoms with Crippen molar-refractivity contribution in [3.05, 3.63) is 0 Å². The molecule has 0 aliphatic carbocycles. The van der Waals surface area contributed by atoms with Gasteiger partial charge in [-0.25, -0.2) is 4.59 Å². The van der Waals surface area contributed by atoms with Crippen LogP contribution in [0.25, 0.3) is 0 Å². The molecule has 0 amide bonds. The van der Waals surface area contributed by atoms with Gasteiger partial charge in [-0.15, -0.1) is 0 Å². The van der Waals surface area contributed by atoms with Crippen molar-refractivity contribution in [2.24, 2.45) is 5.92 Å². The summed E-state index contributed by atoms with van der Waals surface area (Å²) in [7, 11) is 0. The molecule has 3 heterocycles. The molecule has 3 fully saturated rings. The molecule has 3 nitrogen and oxygen atoms in total. The van der Waals surface area contributed by atoms with E-state index in [0.717, 1.165) is 36.4 Å². The molecule has 0 unspecified atom stereocenters. The number of rotatable bonds is 4. The Bertz CT molecular complexity index is 151. The van der Waals surface area contributed by atoms with Crippen LogP contribution in [0.1, 0.15) is 25.7 Å². The monoisotopic (exact) mass is 184 g/mol. The molecule has 0 aromatic carbocycles. The van der Waals surface area contributed by atoms with Gasteiger partial charge < -0.3 is 5.11 Å². The fraction of sp³-hybridized carbons (Fsp3) is 1.00. The summed E-state index contributed by atoms with van der Waals surface area (Å²) in [4.78, 5) is 0. The number of quaternary nitrogens is 1. The Balaban J connectivity index is 1.81. The zero-order valence-corrected chi connectivity index (χ0v) is 8.28. The maximum Gasteiger partial charge on any atom is 0.0981 e. The van der Waals surface area contributed by atoms with Gasteiger partial charge in [0.05, 0.1) is 26.2 Å². The third-order valence-corrected chi connectivity index (χ3v) is 3.53. The van der Waals surface area contributed by atoms with Crippen molar-refractivity contribution in [3.63, 3.8) is 0 Å². The van der Waals surface area contributed by atoms with Gasteiger partial charge in [0, 0.05) is 25.9 Å². The molecule has 3 rings (SSSR count). The van der Waals surface area contributed by atoms with E-state index in [4.69, 9.17) is 10.5 Å². The lowest BCUT2D eigenvalue weighted by molar-refractivity contribution is -0.987. The van der Waals surface area contributed by atoms with Crippen molar-refractivity contribution in [2.75, 3.05) is 32.8 Å². The fourth-order valence-electron chi connectivity index (χ4n) is 2.53. The van der Waals surface area contributed by atoms with Crippen LogP contribution in [-0.2, 0) is 0 Å². The Labute approximate surface area is 80.3 Å². The molecular formula is C10H20N2O+. The van der Waals surface area contributed by atoms with Crippen LogP contribution in [0.15, 0.2) is 0 Å². The normalized spacial score (nSPS) is 38.1. The summed E-state index contributed by atoms with van der Waals surface area (Å²) < 4.78 is 1.01. The van der Waals surface area contributed by atoms with Crippen LogP contribution >= 0.6 is 0 Å². The smallest absolute Gasteiger partial charge is 0.0981 e. The highest BCUT2D eigenvalue weighted by Gasteiger charge is 2.41. The summed E-state index contributed by atoms with van der Waals surface area (Å²) in [5.74, 6) is 0.901. The number of fused-ring (bicyclic) bond motifs is 3. The van der Waals surface area contributed by atoms with Gasteiger partial charge in [0.15, 0.2) is 0 Å². The molecule has 0 spiro atoms. The SMILES string of the molecule is OCCCC[N+]12CCC(CC1)C[N]2. The zero-order chi connectivity index (χ0) is 9.15. The van der Waals surface area contributed by atoms with Crippen molar-refractivity contribution < 1.29 is 9.70 Å².